The number of alkyl halides is 2. The highest BCUT2D eigenvalue weighted by molar-refractivity contribution is 14.1. The number of hydrogen-bond acceptors (Lipinski definition) is 2. The molecule has 2 nitrogen and oxygen atoms in total. The molecule has 0 aliphatic rings. The van der Waals surface area contributed by atoms with Crippen LogP contribution in [-0.2, 0) is 0 Å². The lowest BCUT2D eigenvalue weighted by Gasteiger charge is -2.05. The van der Waals surface area contributed by atoms with Gasteiger partial charge < -0.3 is 5.73 Å². The lowest BCUT2D eigenvalue weighted by molar-refractivity contribution is 0.145. The summed E-state index contributed by atoms with van der Waals surface area (Å²) in [7, 11) is 0. The Morgan fingerprint density at radius 2 is 2.08 bits per heavy atom. The van der Waals surface area contributed by atoms with Crippen molar-refractivity contribution in [3.63, 3.8) is 0 Å². The first-order chi connectivity index (χ1) is 5.54. The van der Waals surface area contributed by atoms with Gasteiger partial charge in [-0.25, -0.2) is 18.2 Å². The number of nitrogens with zero attached hydrogens (tertiary/aromatic N) is 1. The second-order valence-corrected chi connectivity index (χ2v) is 3.18. The van der Waals surface area contributed by atoms with E-state index < -0.39 is 23.6 Å². The lowest BCUT2D eigenvalue weighted by atomic mass is 10.2. The smallest absolute Gasteiger partial charge is 0.267 e. The van der Waals surface area contributed by atoms with Crippen LogP contribution in [0, 0.1) is 9.39 Å². The van der Waals surface area contributed by atoms with E-state index in [9.17, 15) is 13.2 Å². The maximum atomic E-state index is 12.8. The zero-order valence-corrected chi connectivity index (χ0v) is 7.85. The first kappa shape index (κ1) is 9.56. The first-order valence-electron chi connectivity index (χ1n) is 2.91. The average Bonchev–Trinajstić information content (AvgIpc) is 1.97. The fourth-order valence-electron chi connectivity index (χ4n) is 0.695. The minimum atomic E-state index is -2.86. The number of nitrogens with two attached hydrogens (primary N) is 1. The van der Waals surface area contributed by atoms with E-state index in [4.69, 9.17) is 5.73 Å². The van der Waals surface area contributed by atoms with E-state index in [0.717, 1.165) is 6.20 Å². The number of halogens is 4. The molecule has 0 amide bonds. The molecule has 1 heterocycles. The summed E-state index contributed by atoms with van der Waals surface area (Å²) in [6.07, 6.45) is -1.75. The third-order valence-electron chi connectivity index (χ3n) is 1.25. The summed E-state index contributed by atoms with van der Waals surface area (Å²) < 4.78 is 37.2. The van der Waals surface area contributed by atoms with Crippen LogP contribution in [0.2, 0.25) is 0 Å². The zero-order chi connectivity index (χ0) is 9.30. The predicted molar refractivity (Wildman–Crippen MR) is 46.3 cm³/mol. The second kappa shape index (κ2) is 3.46. The third-order valence-corrected chi connectivity index (χ3v) is 2.11. The molecule has 0 fully saturated rings. The van der Waals surface area contributed by atoms with Gasteiger partial charge in [-0.3, -0.25) is 0 Å². The largest absolute Gasteiger partial charge is 0.381 e. The van der Waals surface area contributed by atoms with E-state index in [1.807, 2.05) is 0 Å². The Bertz CT molecular complexity index is 303. The molecule has 0 spiro atoms. The van der Waals surface area contributed by atoms with E-state index in [2.05, 4.69) is 4.98 Å². The average molecular weight is 288 g/mol. The fraction of sp³-hybridized carbons (Fsp3) is 0.167. The van der Waals surface area contributed by atoms with Crippen molar-refractivity contribution in [3.8, 4) is 0 Å². The number of rotatable bonds is 1. The lowest BCUT2D eigenvalue weighted by Crippen LogP contribution is -2.02. The summed E-state index contributed by atoms with van der Waals surface area (Å²) in [5.74, 6) is -1.62. The summed E-state index contributed by atoms with van der Waals surface area (Å²) in [4.78, 5) is 3.38. The number of nitrogen functional groups attached to an aromatic ring is 1. The van der Waals surface area contributed by atoms with E-state index >= 15 is 0 Å². The van der Waals surface area contributed by atoms with Crippen LogP contribution in [0.3, 0.4) is 0 Å². The van der Waals surface area contributed by atoms with Crippen molar-refractivity contribution in [1.29, 1.82) is 0 Å². The molecule has 0 bridgehead atoms. The van der Waals surface area contributed by atoms with Crippen molar-refractivity contribution < 1.29 is 13.2 Å². The van der Waals surface area contributed by atoms with Gasteiger partial charge in [0.15, 0.2) is 11.6 Å². The van der Waals surface area contributed by atoms with Crippen molar-refractivity contribution in [3.05, 3.63) is 21.1 Å². The van der Waals surface area contributed by atoms with Gasteiger partial charge in [-0.2, -0.15) is 0 Å². The summed E-state index contributed by atoms with van der Waals surface area (Å²) in [5.41, 5.74) is 4.33. The van der Waals surface area contributed by atoms with Crippen molar-refractivity contribution in [2.75, 3.05) is 5.73 Å². The maximum absolute atomic E-state index is 12.8. The summed E-state index contributed by atoms with van der Waals surface area (Å²) in [6, 6.07) is 0. The highest BCUT2D eigenvalue weighted by atomic mass is 127. The van der Waals surface area contributed by atoms with Crippen molar-refractivity contribution in [1.82, 2.24) is 4.98 Å². The Kier molecular flexibility index (Phi) is 2.76. The maximum Gasteiger partial charge on any atom is 0.267 e. The zero-order valence-electron chi connectivity index (χ0n) is 5.69. The summed E-state index contributed by atoms with van der Waals surface area (Å²) in [5, 5.41) is 0. The molecule has 0 saturated carbocycles. The number of aromatic nitrogens is 1. The van der Waals surface area contributed by atoms with Crippen LogP contribution in [0.15, 0.2) is 6.20 Å². The van der Waals surface area contributed by atoms with Crippen LogP contribution in [0.25, 0.3) is 0 Å². The van der Waals surface area contributed by atoms with Crippen LogP contribution in [0.4, 0.5) is 19.0 Å². The number of pyridine rings is 1. The van der Waals surface area contributed by atoms with Gasteiger partial charge in [0.25, 0.3) is 6.43 Å². The highest BCUT2D eigenvalue weighted by Gasteiger charge is 2.19. The molecular weight excluding hydrogens is 284 g/mol. The van der Waals surface area contributed by atoms with Gasteiger partial charge in [0, 0.05) is 9.77 Å². The Morgan fingerprint density at radius 3 is 2.50 bits per heavy atom. The Morgan fingerprint density at radius 1 is 1.50 bits per heavy atom. The van der Waals surface area contributed by atoms with Crippen molar-refractivity contribution >= 4 is 28.4 Å². The van der Waals surface area contributed by atoms with Gasteiger partial charge in [0.05, 0.1) is 5.56 Å². The van der Waals surface area contributed by atoms with Gasteiger partial charge in [-0.15, -0.1) is 0 Å². The van der Waals surface area contributed by atoms with E-state index in [1.54, 1.807) is 22.6 Å². The van der Waals surface area contributed by atoms with Crippen LogP contribution in [0.5, 0.6) is 0 Å². The standard InChI is InChI=1S/C6H4F3IN2/c7-4-3(5(8)9)2(10)1-12-6(4)11/h1,5H,(H2,11,12). The molecule has 0 saturated heterocycles. The minimum Gasteiger partial charge on any atom is -0.381 e. The molecule has 0 aromatic carbocycles. The van der Waals surface area contributed by atoms with Crippen LogP contribution in [-0.4, -0.2) is 4.98 Å². The quantitative estimate of drug-likeness (QED) is 0.806. The Hall–Kier alpha value is -0.530. The van der Waals surface area contributed by atoms with Gasteiger partial charge in [-0.1, -0.05) is 0 Å². The Labute approximate surface area is 80.1 Å². The van der Waals surface area contributed by atoms with Gasteiger partial charge in [0.1, 0.15) is 0 Å². The van der Waals surface area contributed by atoms with Gasteiger partial charge in [0.2, 0.25) is 0 Å². The monoisotopic (exact) mass is 288 g/mol. The Balaban J connectivity index is 3.33. The van der Waals surface area contributed by atoms with Crippen LogP contribution >= 0.6 is 22.6 Å². The van der Waals surface area contributed by atoms with E-state index in [0.29, 0.717) is 0 Å². The van der Waals surface area contributed by atoms with Crippen LogP contribution < -0.4 is 5.73 Å². The van der Waals surface area contributed by atoms with Gasteiger partial charge in [-0.05, 0) is 22.6 Å². The molecule has 6 heteroatoms. The van der Waals surface area contributed by atoms with Crippen LogP contribution in [0.1, 0.15) is 12.0 Å². The molecule has 0 aliphatic carbocycles. The SMILES string of the molecule is Nc1ncc(I)c(C(F)F)c1F. The normalized spacial score (nSPS) is 10.8. The molecule has 1 aromatic heterocycles. The minimum absolute atomic E-state index is 0.0781. The molecule has 1 aromatic rings. The molecule has 1 rings (SSSR count). The van der Waals surface area contributed by atoms with E-state index in [-0.39, 0.29) is 3.57 Å². The molecule has 66 valence electrons. The number of anilines is 1. The first-order valence-corrected chi connectivity index (χ1v) is 3.99. The second-order valence-electron chi connectivity index (χ2n) is 2.02. The molecular formula is C6H4F3IN2. The topological polar surface area (TPSA) is 38.9 Å². The predicted octanol–water partition coefficient (Wildman–Crippen LogP) is 2.35. The molecule has 0 unspecified atom stereocenters. The van der Waals surface area contributed by atoms with Crippen molar-refractivity contribution in [2.45, 2.75) is 6.43 Å². The fourth-order valence-corrected chi connectivity index (χ4v) is 1.31. The van der Waals surface area contributed by atoms with Crippen molar-refractivity contribution in [2.24, 2.45) is 0 Å². The number of hydrogen-bond donors (Lipinski definition) is 1. The highest BCUT2D eigenvalue weighted by Crippen LogP contribution is 2.28. The molecule has 2 N–H and O–H groups in total. The summed E-state index contributed by atoms with van der Waals surface area (Å²) >= 11 is 1.58. The molecule has 0 radical (unpaired) electrons. The summed E-state index contributed by atoms with van der Waals surface area (Å²) in [6.45, 7) is 0. The third kappa shape index (κ3) is 1.62. The van der Waals surface area contributed by atoms with E-state index in [1.165, 1.54) is 0 Å². The molecule has 12 heavy (non-hydrogen) atoms. The molecule has 0 aliphatic heterocycles. The van der Waals surface area contributed by atoms with Gasteiger partial charge >= 0.3 is 0 Å². The molecule has 0 atom stereocenters.